The van der Waals surface area contributed by atoms with Gasteiger partial charge in [-0.25, -0.2) is 4.98 Å². The number of nitrogens with one attached hydrogen (secondary N) is 2. The van der Waals surface area contributed by atoms with Gasteiger partial charge in [0.1, 0.15) is 11.2 Å². The number of hydrogen-bond acceptors (Lipinski definition) is 8. The van der Waals surface area contributed by atoms with Crippen molar-refractivity contribution in [3.63, 3.8) is 0 Å². The number of amides is 1. The lowest BCUT2D eigenvalue weighted by Crippen LogP contribution is -2.37. The molecule has 10 nitrogen and oxygen atoms in total. The smallest absolute Gasteiger partial charge is 0.293 e. The molecule has 0 atom stereocenters. The third-order valence-electron chi connectivity index (χ3n) is 5.92. The molecule has 37 heavy (non-hydrogen) atoms. The number of aryl methyl sites for hydroxylation is 1. The number of fused-ring (bicyclic) bond motifs is 1. The number of oxazole rings is 1. The summed E-state index contributed by atoms with van der Waals surface area (Å²) in [6.45, 7) is 4.07. The van der Waals surface area contributed by atoms with Crippen LogP contribution in [-0.2, 0) is 4.74 Å². The molecule has 4 aromatic rings. The van der Waals surface area contributed by atoms with Crippen molar-refractivity contribution in [2.24, 2.45) is 0 Å². The number of rotatable bonds is 5. The van der Waals surface area contributed by atoms with Gasteiger partial charge in [-0.15, -0.1) is 0 Å². The fraction of sp³-hybridized carbons (Fsp3) is 0.192. The minimum absolute atomic E-state index is 0.0478. The zero-order chi connectivity index (χ0) is 25.9. The molecular formula is C26H23N5O5S. The molecule has 0 bridgehead atoms. The van der Waals surface area contributed by atoms with Gasteiger partial charge < -0.3 is 19.4 Å². The maximum Gasteiger partial charge on any atom is 0.293 e. The van der Waals surface area contributed by atoms with E-state index in [9.17, 15) is 14.9 Å². The number of nitrogens with zero attached hydrogens (tertiary/aromatic N) is 3. The second-order valence-electron chi connectivity index (χ2n) is 8.54. The number of anilines is 2. The van der Waals surface area contributed by atoms with Crippen molar-refractivity contribution in [2.45, 2.75) is 6.92 Å². The minimum Gasteiger partial charge on any atom is -0.436 e. The van der Waals surface area contributed by atoms with E-state index in [2.05, 4.69) is 15.6 Å². The summed E-state index contributed by atoms with van der Waals surface area (Å²) < 4.78 is 11.2. The highest BCUT2D eigenvalue weighted by molar-refractivity contribution is 7.80. The first-order valence-electron chi connectivity index (χ1n) is 11.6. The summed E-state index contributed by atoms with van der Waals surface area (Å²) in [6.07, 6.45) is 0. The largest absolute Gasteiger partial charge is 0.436 e. The average Bonchev–Trinajstić information content (AvgIpc) is 3.32. The van der Waals surface area contributed by atoms with Crippen LogP contribution >= 0.6 is 12.2 Å². The van der Waals surface area contributed by atoms with Crippen molar-refractivity contribution in [3.8, 4) is 11.5 Å². The normalized spacial score (nSPS) is 13.4. The van der Waals surface area contributed by atoms with E-state index >= 15 is 0 Å². The molecule has 1 amide bonds. The van der Waals surface area contributed by atoms with Crippen LogP contribution < -0.4 is 15.5 Å². The Morgan fingerprint density at radius 1 is 1.11 bits per heavy atom. The number of carbonyl (C=O) groups is 1. The summed E-state index contributed by atoms with van der Waals surface area (Å²) in [5.41, 5.74) is 4.27. The highest BCUT2D eigenvalue weighted by Gasteiger charge is 2.23. The Morgan fingerprint density at radius 2 is 1.92 bits per heavy atom. The summed E-state index contributed by atoms with van der Waals surface area (Å²) in [5.74, 6) is -0.0489. The van der Waals surface area contributed by atoms with Crippen LogP contribution in [0, 0.1) is 17.0 Å². The first-order valence-corrected chi connectivity index (χ1v) is 12.0. The summed E-state index contributed by atoms with van der Waals surface area (Å²) in [5, 5.41) is 17.3. The van der Waals surface area contributed by atoms with Crippen LogP contribution in [0.15, 0.2) is 65.1 Å². The van der Waals surface area contributed by atoms with Gasteiger partial charge in [0, 0.05) is 36.0 Å². The minimum atomic E-state index is -0.557. The molecular weight excluding hydrogens is 494 g/mol. The Bertz CT molecular complexity index is 1510. The Balaban J connectivity index is 1.28. The highest BCUT2D eigenvalue weighted by Crippen LogP contribution is 2.30. The molecule has 2 heterocycles. The molecule has 0 unspecified atom stereocenters. The molecule has 1 aliphatic heterocycles. The molecule has 0 aliphatic carbocycles. The zero-order valence-electron chi connectivity index (χ0n) is 19.9. The molecule has 1 aliphatic rings. The van der Waals surface area contributed by atoms with Crippen molar-refractivity contribution in [1.29, 1.82) is 0 Å². The van der Waals surface area contributed by atoms with Gasteiger partial charge in [-0.05, 0) is 61.6 Å². The van der Waals surface area contributed by atoms with Gasteiger partial charge in [0.05, 0.1) is 18.1 Å². The van der Waals surface area contributed by atoms with Crippen LogP contribution in [0.4, 0.5) is 17.1 Å². The third kappa shape index (κ3) is 5.42. The summed E-state index contributed by atoms with van der Waals surface area (Å²) in [7, 11) is 0. The Labute approximate surface area is 217 Å². The predicted molar refractivity (Wildman–Crippen MR) is 144 cm³/mol. The van der Waals surface area contributed by atoms with Crippen LogP contribution in [-0.4, -0.2) is 47.2 Å². The van der Waals surface area contributed by atoms with E-state index in [4.69, 9.17) is 21.4 Å². The van der Waals surface area contributed by atoms with Crippen molar-refractivity contribution in [3.05, 3.63) is 81.9 Å². The molecule has 0 saturated carbocycles. The van der Waals surface area contributed by atoms with Gasteiger partial charge >= 0.3 is 0 Å². The lowest BCUT2D eigenvalue weighted by molar-refractivity contribution is -0.384. The van der Waals surface area contributed by atoms with Gasteiger partial charge in [0.15, 0.2) is 10.7 Å². The third-order valence-corrected chi connectivity index (χ3v) is 6.13. The quantitative estimate of drug-likeness (QED) is 0.221. The first-order chi connectivity index (χ1) is 17.9. The van der Waals surface area contributed by atoms with Crippen LogP contribution in [0.25, 0.3) is 22.6 Å². The van der Waals surface area contributed by atoms with Crippen LogP contribution in [0.1, 0.15) is 15.9 Å². The number of nitro groups is 1. The number of benzene rings is 3. The monoisotopic (exact) mass is 517 g/mol. The van der Waals surface area contributed by atoms with Gasteiger partial charge in [-0.1, -0.05) is 17.7 Å². The second-order valence-corrected chi connectivity index (χ2v) is 8.95. The topological polar surface area (TPSA) is 123 Å². The van der Waals surface area contributed by atoms with Crippen LogP contribution in [0.3, 0.4) is 0 Å². The predicted octanol–water partition coefficient (Wildman–Crippen LogP) is 4.67. The van der Waals surface area contributed by atoms with Crippen LogP contribution in [0.5, 0.6) is 0 Å². The van der Waals surface area contributed by atoms with Gasteiger partial charge in [-0.3, -0.25) is 20.2 Å². The maximum absolute atomic E-state index is 12.8. The van der Waals surface area contributed by atoms with Gasteiger partial charge in [0.25, 0.3) is 11.6 Å². The molecule has 5 rings (SSSR count). The van der Waals surface area contributed by atoms with Crippen LogP contribution in [0.2, 0.25) is 0 Å². The fourth-order valence-corrected chi connectivity index (χ4v) is 4.34. The molecule has 1 aromatic heterocycles. The lowest BCUT2D eigenvalue weighted by atomic mass is 10.1. The van der Waals surface area contributed by atoms with Crippen molar-refractivity contribution in [1.82, 2.24) is 10.3 Å². The Morgan fingerprint density at radius 3 is 2.68 bits per heavy atom. The fourth-order valence-electron chi connectivity index (χ4n) is 4.13. The van der Waals surface area contributed by atoms with Crippen molar-refractivity contribution < 1.29 is 18.9 Å². The van der Waals surface area contributed by atoms with E-state index in [1.807, 2.05) is 36.1 Å². The van der Waals surface area contributed by atoms with E-state index in [1.165, 1.54) is 6.07 Å². The second kappa shape index (κ2) is 10.3. The van der Waals surface area contributed by atoms with Gasteiger partial charge in [-0.2, -0.15) is 0 Å². The van der Waals surface area contributed by atoms with E-state index < -0.39 is 10.8 Å². The van der Waals surface area contributed by atoms with E-state index in [1.54, 1.807) is 30.3 Å². The lowest BCUT2D eigenvalue weighted by Gasteiger charge is -2.28. The summed E-state index contributed by atoms with van der Waals surface area (Å²) >= 11 is 5.30. The maximum atomic E-state index is 12.8. The summed E-state index contributed by atoms with van der Waals surface area (Å²) in [6, 6.07) is 17.5. The number of morpholine rings is 1. The van der Waals surface area contributed by atoms with E-state index in [0.29, 0.717) is 54.7 Å². The molecule has 0 radical (unpaired) electrons. The number of ether oxygens (including phenoxy) is 1. The molecule has 2 N–H and O–H groups in total. The number of aromatic nitrogens is 1. The number of carbonyl (C=O) groups excluding carboxylic acids is 1. The highest BCUT2D eigenvalue weighted by atomic mass is 32.1. The molecule has 1 fully saturated rings. The molecule has 0 spiro atoms. The number of hydrogen-bond donors (Lipinski definition) is 2. The van der Waals surface area contributed by atoms with Crippen molar-refractivity contribution in [2.75, 3.05) is 36.5 Å². The zero-order valence-corrected chi connectivity index (χ0v) is 20.7. The summed E-state index contributed by atoms with van der Waals surface area (Å²) in [4.78, 5) is 30.4. The Kier molecular flexibility index (Phi) is 6.80. The Hall–Kier alpha value is -4.35. The first kappa shape index (κ1) is 24.3. The molecule has 1 saturated heterocycles. The van der Waals surface area contributed by atoms with E-state index in [-0.39, 0.29) is 16.4 Å². The number of thiocarbonyl (C=S) groups is 1. The standard InChI is InChI=1S/C26H23N5O5S/c1-16-3-2-4-18(13-16)25-28-20-15-19(6-8-23(20)36-25)27-26(37)29-24(32)17-5-7-21(22(14-17)31(33)34)30-9-11-35-12-10-30/h2-8,13-15H,9-12H2,1H3,(H2,27,29,32,37). The molecule has 11 heteroatoms. The molecule has 3 aromatic carbocycles. The van der Waals surface area contributed by atoms with Crippen molar-refractivity contribution >= 4 is 51.4 Å². The number of nitro benzene ring substituents is 1. The van der Waals surface area contributed by atoms with Gasteiger partial charge in [0.2, 0.25) is 5.89 Å². The average molecular weight is 518 g/mol. The SMILES string of the molecule is Cc1cccc(-c2nc3cc(NC(=S)NC(=O)c4ccc(N5CCOCC5)c([N+](=O)[O-])c4)ccc3o2)c1. The van der Waals surface area contributed by atoms with E-state index in [0.717, 1.165) is 11.1 Å². The molecule has 188 valence electrons.